The molecule has 0 aromatic heterocycles. The number of nitrogens with one attached hydrogen (secondary N) is 1. The first-order valence-electron chi connectivity index (χ1n) is 6.95. The van der Waals surface area contributed by atoms with Gasteiger partial charge in [-0.3, -0.25) is 9.59 Å². The second kappa shape index (κ2) is 8.43. The van der Waals surface area contributed by atoms with Gasteiger partial charge in [0.2, 0.25) is 5.91 Å². The highest BCUT2D eigenvalue weighted by Crippen LogP contribution is 2.15. The molecule has 0 aliphatic carbocycles. The van der Waals surface area contributed by atoms with Crippen LogP contribution < -0.4 is 5.32 Å². The van der Waals surface area contributed by atoms with E-state index in [2.05, 4.69) is 21.2 Å². The smallest absolute Gasteiger partial charge is 0.325 e. The van der Waals surface area contributed by atoms with Crippen molar-refractivity contribution in [1.82, 2.24) is 5.32 Å². The minimum absolute atomic E-state index is 0.174. The van der Waals surface area contributed by atoms with Crippen LogP contribution in [0.4, 0.5) is 4.39 Å². The summed E-state index contributed by atoms with van der Waals surface area (Å²) in [6, 6.07) is 13.7. The van der Waals surface area contributed by atoms with Crippen LogP contribution in [0.5, 0.6) is 0 Å². The quantitative estimate of drug-likeness (QED) is 0.784. The molecule has 2 aromatic rings. The lowest BCUT2D eigenvalue weighted by atomic mass is 10.1. The van der Waals surface area contributed by atoms with E-state index in [4.69, 9.17) is 4.74 Å². The van der Waals surface area contributed by atoms with E-state index in [0.717, 1.165) is 5.56 Å². The topological polar surface area (TPSA) is 55.4 Å². The van der Waals surface area contributed by atoms with Crippen molar-refractivity contribution in [3.8, 4) is 0 Å². The Labute approximate surface area is 141 Å². The van der Waals surface area contributed by atoms with Crippen LogP contribution in [0, 0.1) is 5.82 Å². The summed E-state index contributed by atoms with van der Waals surface area (Å²) < 4.78 is 19.1. The molecular formula is C17H15BrFNO3. The number of esters is 1. The Morgan fingerprint density at radius 3 is 2.57 bits per heavy atom. The molecule has 0 spiro atoms. The summed E-state index contributed by atoms with van der Waals surface area (Å²) in [5.41, 5.74) is 1.13. The first-order valence-corrected chi connectivity index (χ1v) is 7.74. The molecule has 120 valence electrons. The summed E-state index contributed by atoms with van der Waals surface area (Å²) in [7, 11) is 0. The Bertz CT molecular complexity index is 691. The van der Waals surface area contributed by atoms with Gasteiger partial charge in [-0.05, 0) is 17.7 Å². The third-order valence-corrected chi connectivity index (χ3v) is 3.53. The molecule has 0 atom stereocenters. The van der Waals surface area contributed by atoms with E-state index in [0.29, 0.717) is 4.47 Å². The van der Waals surface area contributed by atoms with Crippen LogP contribution in [0.3, 0.4) is 0 Å². The van der Waals surface area contributed by atoms with Gasteiger partial charge in [0.25, 0.3) is 0 Å². The number of benzene rings is 2. The van der Waals surface area contributed by atoms with Gasteiger partial charge in [0.05, 0.1) is 6.42 Å². The average Bonchev–Trinajstić information content (AvgIpc) is 2.53. The lowest BCUT2D eigenvalue weighted by Crippen LogP contribution is -2.31. The van der Waals surface area contributed by atoms with Crippen molar-refractivity contribution < 1.29 is 18.7 Å². The van der Waals surface area contributed by atoms with E-state index < -0.39 is 11.8 Å². The number of carbonyl (C=O) groups excluding carboxylic acids is 2. The predicted octanol–water partition coefficient (Wildman–Crippen LogP) is 2.99. The van der Waals surface area contributed by atoms with Crippen molar-refractivity contribution in [2.45, 2.75) is 13.0 Å². The fraction of sp³-hybridized carbons (Fsp3) is 0.176. The van der Waals surface area contributed by atoms with Gasteiger partial charge in [-0.1, -0.05) is 52.3 Å². The largest absolute Gasteiger partial charge is 0.459 e. The van der Waals surface area contributed by atoms with Crippen molar-refractivity contribution in [1.29, 1.82) is 0 Å². The van der Waals surface area contributed by atoms with Crippen LogP contribution in [-0.2, 0) is 27.4 Å². The van der Waals surface area contributed by atoms with E-state index in [1.165, 1.54) is 12.1 Å². The maximum absolute atomic E-state index is 13.6. The maximum Gasteiger partial charge on any atom is 0.325 e. The van der Waals surface area contributed by atoms with Crippen LogP contribution in [0.2, 0.25) is 0 Å². The Hall–Kier alpha value is -2.21. The molecular weight excluding hydrogens is 365 g/mol. The molecule has 4 nitrogen and oxygen atoms in total. The Kier molecular flexibility index (Phi) is 6.29. The zero-order valence-electron chi connectivity index (χ0n) is 12.2. The van der Waals surface area contributed by atoms with Gasteiger partial charge in [0, 0.05) is 10.0 Å². The first-order chi connectivity index (χ1) is 11.0. The minimum atomic E-state index is -0.617. The zero-order chi connectivity index (χ0) is 16.7. The van der Waals surface area contributed by atoms with Crippen molar-refractivity contribution in [3.05, 3.63) is 69.9 Å². The summed E-state index contributed by atoms with van der Waals surface area (Å²) in [4.78, 5) is 23.3. The molecule has 0 radical (unpaired) electrons. The van der Waals surface area contributed by atoms with Gasteiger partial charge in [-0.2, -0.15) is 0 Å². The summed E-state index contributed by atoms with van der Waals surface area (Å²) in [6.07, 6.45) is 0.190. The number of amides is 1. The number of rotatable bonds is 6. The Morgan fingerprint density at radius 2 is 1.87 bits per heavy atom. The molecule has 0 saturated heterocycles. The molecule has 0 unspecified atom stereocenters. The average molecular weight is 380 g/mol. The van der Waals surface area contributed by atoms with Crippen LogP contribution in [0.25, 0.3) is 0 Å². The minimum Gasteiger partial charge on any atom is -0.459 e. The van der Waals surface area contributed by atoms with Gasteiger partial charge < -0.3 is 10.1 Å². The molecule has 0 bridgehead atoms. The highest BCUT2D eigenvalue weighted by Gasteiger charge is 2.09. The monoisotopic (exact) mass is 379 g/mol. The second-order valence-electron chi connectivity index (χ2n) is 4.84. The van der Waals surface area contributed by atoms with Crippen molar-refractivity contribution in [2.24, 2.45) is 0 Å². The first kappa shape index (κ1) is 17.1. The molecule has 1 amide bonds. The summed E-state index contributed by atoms with van der Waals surface area (Å²) in [5.74, 6) is -1.35. The molecule has 0 aliphatic rings. The van der Waals surface area contributed by atoms with E-state index in [1.54, 1.807) is 6.07 Å². The van der Waals surface area contributed by atoms with E-state index in [1.807, 2.05) is 30.3 Å². The summed E-state index contributed by atoms with van der Waals surface area (Å²) >= 11 is 3.15. The number of halogens is 2. The van der Waals surface area contributed by atoms with E-state index in [9.17, 15) is 14.0 Å². The third-order valence-electron chi connectivity index (χ3n) is 3.04. The molecule has 1 N–H and O–H groups in total. The second-order valence-corrected chi connectivity index (χ2v) is 5.75. The lowest BCUT2D eigenvalue weighted by Gasteiger charge is -2.07. The summed E-state index contributed by atoms with van der Waals surface area (Å²) in [5, 5.41) is 2.48. The van der Waals surface area contributed by atoms with Gasteiger partial charge >= 0.3 is 5.97 Å². The molecule has 6 heteroatoms. The lowest BCUT2D eigenvalue weighted by molar-refractivity contribution is -0.145. The highest BCUT2D eigenvalue weighted by atomic mass is 79.9. The van der Waals surface area contributed by atoms with E-state index >= 15 is 0 Å². The zero-order valence-corrected chi connectivity index (χ0v) is 13.8. The number of hydrogen-bond donors (Lipinski definition) is 1. The predicted molar refractivity (Wildman–Crippen MR) is 87.1 cm³/mol. The number of ether oxygens (including phenoxy) is 1. The van der Waals surface area contributed by atoms with Crippen LogP contribution >= 0.6 is 15.9 Å². The molecule has 0 saturated carbocycles. The van der Waals surface area contributed by atoms with Crippen LogP contribution in [0.15, 0.2) is 53.0 Å². The fourth-order valence-electron chi connectivity index (χ4n) is 1.86. The Morgan fingerprint density at radius 1 is 1.13 bits per heavy atom. The number of carbonyl (C=O) groups is 2. The summed E-state index contributed by atoms with van der Waals surface area (Å²) in [6.45, 7) is -0.420. The molecule has 2 rings (SSSR count). The molecule has 0 heterocycles. The van der Waals surface area contributed by atoms with Crippen molar-refractivity contribution in [3.63, 3.8) is 0 Å². The maximum atomic E-state index is 13.6. The van der Waals surface area contributed by atoms with E-state index in [-0.39, 0.29) is 31.0 Å². The van der Waals surface area contributed by atoms with Crippen molar-refractivity contribution >= 4 is 27.8 Å². The highest BCUT2D eigenvalue weighted by molar-refractivity contribution is 9.10. The number of hydrogen-bond acceptors (Lipinski definition) is 3. The van der Waals surface area contributed by atoms with Crippen LogP contribution in [-0.4, -0.2) is 18.4 Å². The third kappa shape index (κ3) is 5.83. The normalized spacial score (nSPS) is 10.2. The molecule has 0 aliphatic heterocycles. The van der Waals surface area contributed by atoms with Crippen LogP contribution in [0.1, 0.15) is 11.1 Å². The molecule has 0 fully saturated rings. The van der Waals surface area contributed by atoms with Gasteiger partial charge in [-0.15, -0.1) is 0 Å². The van der Waals surface area contributed by atoms with Gasteiger partial charge in [-0.25, -0.2) is 4.39 Å². The van der Waals surface area contributed by atoms with Gasteiger partial charge in [0.15, 0.2) is 0 Å². The standard InChI is InChI=1S/C17H15BrFNO3/c18-14-7-6-13(15(19)9-14)11-23-17(22)10-20-16(21)8-12-4-2-1-3-5-12/h1-7,9H,8,10-11H2,(H,20,21). The Balaban J connectivity index is 1.73. The van der Waals surface area contributed by atoms with Gasteiger partial charge in [0.1, 0.15) is 19.0 Å². The molecule has 23 heavy (non-hydrogen) atoms. The SMILES string of the molecule is O=C(Cc1ccccc1)NCC(=O)OCc1ccc(Br)cc1F. The van der Waals surface area contributed by atoms with Crippen molar-refractivity contribution in [2.75, 3.05) is 6.54 Å². The molecule has 2 aromatic carbocycles. The fourth-order valence-corrected chi connectivity index (χ4v) is 2.20.